The predicted molar refractivity (Wildman–Crippen MR) is 83.0 cm³/mol. The van der Waals surface area contributed by atoms with Gasteiger partial charge >= 0.3 is 0 Å². The molecule has 1 saturated heterocycles. The molecule has 1 fully saturated rings. The van der Waals surface area contributed by atoms with Crippen LogP contribution in [0.25, 0.3) is 0 Å². The van der Waals surface area contributed by atoms with Crippen molar-refractivity contribution in [2.24, 2.45) is 5.92 Å². The number of sulfonamides is 1. The Hall–Kier alpha value is -1.11. The fraction of sp³-hybridized carbons (Fsp3) is 0.600. The second kappa shape index (κ2) is 7.77. The van der Waals surface area contributed by atoms with Crippen molar-refractivity contribution >= 4 is 10.0 Å². The molecule has 21 heavy (non-hydrogen) atoms. The summed E-state index contributed by atoms with van der Waals surface area (Å²) in [6, 6.07) is 6.63. The van der Waals surface area contributed by atoms with E-state index in [-0.39, 0.29) is 4.90 Å². The summed E-state index contributed by atoms with van der Waals surface area (Å²) in [5.74, 6) is 1.31. The molecule has 118 valence electrons. The Morgan fingerprint density at radius 3 is 2.52 bits per heavy atom. The van der Waals surface area contributed by atoms with Crippen molar-refractivity contribution in [1.29, 1.82) is 0 Å². The number of nitrogens with one attached hydrogen (secondary N) is 2. The van der Waals surface area contributed by atoms with Gasteiger partial charge in [-0.2, -0.15) is 0 Å². The van der Waals surface area contributed by atoms with E-state index >= 15 is 0 Å². The van der Waals surface area contributed by atoms with Gasteiger partial charge in [0.15, 0.2) is 0 Å². The zero-order valence-electron chi connectivity index (χ0n) is 12.5. The quantitative estimate of drug-likeness (QED) is 0.805. The van der Waals surface area contributed by atoms with Crippen LogP contribution in [0.2, 0.25) is 0 Å². The fourth-order valence-electron chi connectivity index (χ4n) is 2.30. The molecule has 2 rings (SSSR count). The first kappa shape index (κ1) is 16.3. The van der Waals surface area contributed by atoms with E-state index in [4.69, 9.17) is 4.74 Å². The lowest BCUT2D eigenvalue weighted by Crippen LogP contribution is -2.30. The monoisotopic (exact) mass is 312 g/mol. The lowest BCUT2D eigenvalue weighted by molar-refractivity contribution is 0.215. The maximum absolute atomic E-state index is 11.9. The minimum atomic E-state index is -3.39. The molecule has 0 spiro atoms. The smallest absolute Gasteiger partial charge is 0.240 e. The van der Waals surface area contributed by atoms with E-state index in [0.717, 1.165) is 38.1 Å². The van der Waals surface area contributed by atoms with Gasteiger partial charge in [-0.05, 0) is 62.5 Å². The van der Waals surface area contributed by atoms with Gasteiger partial charge in [-0.25, -0.2) is 13.1 Å². The zero-order chi connectivity index (χ0) is 15.1. The molecule has 1 aliphatic rings. The van der Waals surface area contributed by atoms with E-state index < -0.39 is 10.0 Å². The van der Waals surface area contributed by atoms with E-state index in [0.29, 0.717) is 19.1 Å². The van der Waals surface area contributed by atoms with Crippen molar-refractivity contribution in [3.63, 3.8) is 0 Å². The van der Waals surface area contributed by atoms with Crippen LogP contribution in [0.5, 0.6) is 5.75 Å². The third-order valence-electron chi connectivity index (χ3n) is 3.62. The molecule has 1 aliphatic heterocycles. The summed E-state index contributed by atoms with van der Waals surface area (Å²) < 4.78 is 32.2. The molecule has 1 aromatic rings. The van der Waals surface area contributed by atoms with Crippen molar-refractivity contribution in [2.75, 3.05) is 26.2 Å². The first-order chi connectivity index (χ1) is 10.1. The highest BCUT2D eigenvalue weighted by Crippen LogP contribution is 2.18. The molecule has 5 nitrogen and oxygen atoms in total. The number of benzene rings is 1. The molecule has 0 amide bonds. The van der Waals surface area contributed by atoms with Crippen LogP contribution in [0.3, 0.4) is 0 Å². The van der Waals surface area contributed by atoms with Crippen molar-refractivity contribution < 1.29 is 13.2 Å². The van der Waals surface area contributed by atoms with Crippen LogP contribution in [0.4, 0.5) is 0 Å². The SMILES string of the molecule is CCCNS(=O)(=O)c1ccc(OCC2CCNCC2)cc1. The Balaban J connectivity index is 1.89. The molecule has 0 unspecified atom stereocenters. The first-order valence-electron chi connectivity index (χ1n) is 7.55. The largest absolute Gasteiger partial charge is 0.493 e. The molecule has 6 heteroatoms. The molecule has 0 aromatic heterocycles. The number of piperidine rings is 1. The second-order valence-electron chi connectivity index (χ2n) is 5.37. The van der Waals surface area contributed by atoms with Crippen LogP contribution >= 0.6 is 0 Å². The molecular weight excluding hydrogens is 288 g/mol. The van der Waals surface area contributed by atoms with Crippen LogP contribution in [0.15, 0.2) is 29.2 Å². The summed E-state index contributed by atoms with van der Waals surface area (Å²) in [4.78, 5) is 0.283. The number of hydrogen-bond donors (Lipinski definition) is 2. The summed E-state index contributed by atoms with van der Waals surface area (Å²) in [6.07, 6.45) is 3.04. The minimum absolute atomic E-state index is 0.283. The van der Waals surface area contributed by atoms with Crippen molar-refractivity contribution in [3.8, 4) is 5.75 Å². The molecule has 1 aromatic carbocycles. The van der Waals surface area contributed by atoms with Crippen LogP contribution in [-0.2, 0) is 10.0 Å². The summed E-state index contributed by atoms with van der Waals surface area (Å²) in [7, 11) is -3.39. The van der Waals surface area contributed by atoms with E-state index in [1.54, 1.807) is 24.3 Å². The molecule has 0 aliphatic carbocycles. The molecule has 0 radical (unpaired) electrons. The highest BCUT2D eigenvalue weighted by atomic mass is 32.2. The average Bonchev–Trinajstić information content (AvgIpc) is 2.52. The van der Waals surface area contributed by atoms with E-state index in [9.17, 15) is 8.42 Å². The third-order valence-corrected chi connectivity index (χ3v) is 5.10. The average molecular weight is 312 g/mol. The van der Waals surface area contributed by atoms with Gasteiger partial charge in [0, 0.05) is 6.54 Å². The lowest BCUT2D eigenvalue weighted by Gasteiger charge is -2.22. The van der Waals surface area contributed by atoms with Gasteiger partial charge in [-0.15, -0.1) is 0 Å². The number of ether oxygens (including phenoxy) is 1. The van der Waals surface area contributed by atoms with Crippen molar-refractivity contribution in [2.45, 2.75) is 31.1 Å². The van der Waals surface area contributed by atoms with Crippen LogP contribution < -0.4 is 14.8 Å². The lowest BCUT2D eigenvalue weighted by atomic mass is 9.99. The topological polar surface area (TPSA) is 67.4 Å². The number of rotatable bonds is 7. The van der Waals surface area contributed by atoms with Gasteiger partial charge in [0.1, 0.15) is 5.75 Å². The Kier molecular flexibility index (Phi) is 6.02. The van der Waals surface area contributed by atoms with Crippen LogP contribution in [0.1, 0.15) is 26.2 Å². The molecule has 1 heterocycles. The van der Waals surface area contributed by atoms with Gasteiger partial charge in [0.25, 0.3) is 0 Å². The normalized spacial score (nSPS) is 16.8. The summed E-state index contributed by atoms with van der Waals surface area (Å²) in [5, 5.41) is 3.32. The van der Waals surface area contributed by atoms with Crippen LogP contribution in [-0.4, -0.2) is 34.7 Å². The van der Waals surface area contributed by atoms with Gasteiger partial charge in [0.05, 0.1) is 11.5 Å². The Morgan fingerprint density at radius 1 is 1.24 bits per heavy atom. The van der Waals surface area contributed by atoms with Crippen molar-refractivity contribution in [3.05, 3.63) is 24.3 Å². The van der Waals surface area contributed by atoms with Gasteiger partial charge < -0.3 is 10.1 Å². The minimum Gasteiger partial charge on any atom is -0.493 e. The standard InChI is InChI=1S/C15H24N2O3S/c1-2-9-17-21(18,19)15-5-3-14(4-6-15)20-12-13-7-10-16-11-8-13/h3-6,13,16-17H,2,7-12H2,1H3. The molecular formula is C15H24N2O3S. The highest BCUT2D eigenvalue weighted by molar-refractivity contribution is 7.89. The Bertz CT molecular complexity index is 522. The summed E-state index contributed by atoms with van der Waals surface area (Å²) in [6.45, 7) is 5.18. The van der Waals surface area contributed by atoms with Gasteiger partial charge in [-0.3, -0.25) is 0 Å². The summed E-state index contributed by atoms with van der Waals surface area (Å²) >= 11 is 0. The molecule has 0 atom stereocenters. The van der Waals surface area contributed by atoms with Crippen molar-refractivity contribution in [1.82, 2.24) is 10.0 Å². The van der Waals surface area contributed by atoms with E-state index in [1.807, 2.05) is 6.92 Å². The van der Waals surface area contributed by atoms with E-state index in [1.165, 1.54) is 0 Å². The predicted octanol–water partition coefficient (Wildman–Crippen LogP) is 1.75. The molecule has 0 saturated carbocycles. The maximum atomic E-state index is 11.9. The maximum Gasteiger partial charge on any atom is 0.240 e. The van der Waals surface area contributed by atoms with E-state index in [2.05, 4.69) is 10.0 Å². The Labute approximate surface area is 127 Å². The fourth-order valence-corrected chi connectivity index (χ4v) is 3.43. The third kappa shape index (κ3) is 4.98. The Morgan fingerprint density at radius 2 is 1.90 bits per heavy atom. The second-order valence-corrected chi connectivity index (χ2v) is 7.14. The molecule has 0 bridgehead atoms. The highest BCUT2D eigenvalue weighted by Gasteiger charge is 2.15. The van der Waals surface area contributed by atoms with Gasteiger partial charge in [-0.1, -0.05) is 6.92 Å². The van der Waals surface area contributed by atoms with Gasteiger partial charge in [0.2, 0.25) is 10.0 Å². The zero-order valence-corrected chi connectivity index (χ0v) is 13.3. The molecule has 2 N–H and O–H groups in total. The first-order valence-corrected chi connectivity index (χ1v) is 9.03. The number of hydrogen-bond acceptors (Lipinski definition) is 4. The summed E-state index contributed by atoms with van der Waals surface area (Å²) in [5.41, 5.74) is 0. The van der Waals surface area contributed by atoms with Crippen LogP contribution in [0, 0.1) is 5.92 Å².